The number of aryl methyl sites for hydroxylation is 11. The Morgan fingerprint density at radius 3 is 0.980 bits per heavy atom. The predicted octanol–water partition coefficient (Wildman–Crippen LogP) is 20.9. The molecule has 0 atom stereocenters. The van der Waals surface area contributed by atoms with Gasteiger partial charge in [-0.3, -0.25) is 0 Å². The second-order valence-corrected chi connectivity index (χ2v) is 30.1. The van der Waals surface area contributed by atoms with E-state index in [2.05, 4.69) is 307 Å². The fraction of sp³-hybridized carbons (Fsp3) is 0.277. The van der Waals surface area contributed by atoms with Gasteiger partial charge in [0.05, 0.1) is 1.37 Å². The van der Waals surface area contributed by atoms with E-state index in [1.54, 1.807) is 6.92 Å². The monoisotopic (exact) mass is 1290 g/mol. The number of pyridine rings is 4. The van der Waals surface area contributed by atoms with E-state index in [-0.39, 0.29) is 21.7 Å². The van der Waals surface area contributed by atoms with Crippen LogP contribution in [-0.2, 0) is 69.1 Å². The van der Waals surface area contributed by atoms with Gasteiger partial charge in [0.2, 0.25) is 22.8 Å². The molecule has 0 unspecified atom stereocenters. The van der Waals surface area contributed by atoms with Gasteiger partial charge in [0.1, 0.15) is 28.2 Å². The van der Waals surface area contributed by atoms with Crippen LogP contribution in [0.2, 0.25) is 0 Å². The summed E-state index contributed by atoms with van der Waals surface area (Å²) in [5.41, 5.74) is 39.9. The third-order valence-electron chi connectivity index (χ3n) is 22.4. The highest BCUT2D eigenvalue weighted by atomic mass is 14.9. The largest absolute Gasteiger partial charge is 0.212 e. The highest BCUT2D eigenvalue weighted by Crippen LogP contribution is 2.54. The summed E-state index contributed by atoms with van der Waals surface area (Å²) in [6.07, 6.45) is 9.10. The highest BCUT2D eigenvalue weighted by Gasteiger charge is 2.40. The number of hydrogen-bond donors (Lipinski definition) is 0. The topological polar surface area (TPSA) is 15.5 Å². The molecule has 16 rings (SSSR count). The molecule has 0 radical (unpaired) electrons. The van der Waals surface area contributed by atoms with Gasteiger partial charge in [-0.15, -0.1) is 0 Å². The normalized spacial score (nSPS) is 14.9. The number of aromatic nitrogens is 4. The Labute approximate surface area is 589 Å². The van der Waals surface area contributed by atoms with Crippen LogP contribution in [0.25, 0.3) is 89.5 Å². The Kier molecular flexibility index (Phi) is 16.5. The van der Waals surface area contributed by atoms with Crippen molar-refractivity contribution in [2.24, 2.45) is 28.2 Å². The average molecular weight is 1290 g/mol. The van der Waals surface area contributed by atoms with Crippen LogP contribution in [0.4, 0.5) is 0 Å². The summed E-state index contributed by atoms with van der Waals surface area (Å²) in [5, 5.41) is 0. The molecule has 98 heavy (non-hydrogen) atoms. The fourth-order valence-electron chi connectivity index (χ4n) is 16.4. The summed E-state index contributed by atoms with van der Waals surface area (Å²) in [6.45, 7) is 33.2. The van der Waals surface area contributed by atoms with Gasteiger partial charge in [0.25, 0.3) is 0 Å². The Morgan fingerprint density at radius 1 is 0.286 bits per heavy atom. The number of nitrogens with zero attached hydrogens (tertiary/aromatic N) is 4. The van der Waals surface area contributed by atoms with Crippen LogP contribution in [0.5, 0.6) is 0 Å². The summed E-state index contributed by atoms with van der Waals surface area (Å²) in [4.78, 5) is 0. The fourth-order valence-corrected chi connectivity index (χ4v) is 16.4. The van der Waals surface area contributed by atoms with Gasteiger partial charge < -0.3 is 0 Å². The maximum absolute atomic E-state index is 9.02. The summed E-state index contributed by atoms with van der Waals surface area (Å²) in [5.74, 6) is 0. The molecule has 0 saturated carbocycles. The van der Waals surface area contributed by atoms with Gasteiger partial charge in [-0.2, -0.15) is 0 Å². The van der Waals surface area contributed by atoms with E-state index >= 15 is 0 Å². The Bertz CT molecular complexity index is 5140. The average Bonchev–Trinajstić information content (AvgIpc) is 1.60. The van der Waals surface area contributed by atoms with Gasteiger partial charge in [-0.1, -0.05) is 197 Å². The SMILES string of the molecule is CCc1cc[n+](C)c(-c2cc3c(cc2C)-c2ccccc2C3(C)C)c1.CCc1cc[n+](C)c(-c2cc3c(cc2C)-c2ccccc2C3(C)C)c1.[2H]C([2H])(C)c1ccc(-c2cc3c(cc2C)-c2ccccc2C3(C)C)[n+](C)c1.[2H]c1c(-c2cccc[n+]2C)c(C)cc2c1C(C)(C)c1ccccc1-2. The van der Waals surface area contributed by atoms with E-state index in [1.165, 1.54) is 139 Å². The van der Waals surface area contributed by atoms with Gasteiger partial charge in [0.15, 0.2) is 24.8 Å². The second-order valence-electron chi connectivity index (χ2n) is 30.1. The van der Waals surface area contributed by atoms with Crippen molar-refractivity contribution in [3.63, 3.8) is 0 Å². The molecule has 4 aromatic heterocycles. The Balaban J connectivity index is 0.000000120. The minimum Gasteiger partial charge on any atom is -0.201 e. The quantitative estimate of drug-likeness (QED) is 0.141. The van der Waals surface area contributed by atoms with E-state index in [0.29, 0.717) is 11.6 Å². The number of benzene rings is 8. The van der Waals surface area contributed by atoms with Gasteiger partial charge in [-0.25, -0.2) is 18.3 Å². The molecule has 4 aliphatic carbocycles. The molecule has 0 aliphatic heterocycles. The van der Waals surface area contributed by atoms with Crippen LogP contribution in [0.3, 0.4) is 0 Å². The van der Waals surface area contributed by atoms with Crippen molar-refractivity contribution in [3.8, 4) is 89.5 Å². The maximum atomic E-state index is 9.02. The molecule has 492 valence electrons. The molecule has 0 saturated heterocycles. The van der Waals surface area contributed by atoms with E-state index in [9.17, 15) is 0 Å². The lowest BCUT2D eigenvalue weighted by molar-refractivity contribution is -0.660. The lowest BCUT2D eigenvalue weighted by Crippen LogP contribution is -2.31. The molecular formula is C94H100N4+4. The van der Waals surface area contributed by atoms with Crippen molar-refractivity contribution in [3.05, 3.63) is 308 Å². The van der Waals surface area contributed by atoms with E-state index in [1.807, 2.05) is 55.3 Å². The third kappa shape index (κ3) is 11.5. The van der Waals surface area contributed by atoms with Gasteiger partial charge in [0, 0.05) is 94.7 Å². The first-order valence-electron chi connectivity index (χ1n) is 36.8. The number of hydrogen-bond acceptors (Lipinski definition) is 0. The lowest BCUT2D eigenvalue weighted by Gasteiger charge is -2.22. The molecule has 0 bridgehead atoms. The van der Waals surface area contributed by atoms with Crippen LogP contribution in [0.15, 0.2) is 225 Å². The summed E-state index contributed by atoms with van der Waals surface area (Å²) in [6, 6.07) is 71.4. The first-order valence-corrected chi connectivity index (χ1v) is 35.3. The van der Waals surface area contributed by atoms with Crippen LogP contribution >= 0.6 is 0 Å². The second kappa shape index (κ2) is 25.7. The maximum Gasteiger partial charge on any atom is 0.212 e. The minimum absolute atomic E-state index is 0.0200. The van der Waals surface area contributed by atoms with E-state index < -0.39 is 6.37 Å². The summed E-state index contributed by atoms with van der Waals surface area (Å²) < 4.78 is 33.6. The van der Waals surface area contributed by atoms with Crippen LogP contribution < -0.4 is 18.3 Å². The zero-order valence-corrected chi connectivity index (χ0v) is 61.5. The van der Waals surface area contributed by atoms with Gasteiger partial charge >= 0.3 is 0 Å². The molecule has 0 N–H and O–H groups in total. The molecular weight excluding hydrogens is 1190 g/mol. The molecule has 0 spiro atoms. The minimum atomic E-state index is -1.34. The van der Waals surface area contributed by atoms with E-state index in [0.717, 1.165) is 40.9 Å². The van der Waals surface area contributed by atoms with Gasteiger partial charge in [-0.05, 0) is 206 Å². The Morgan fingerprint density at radius 2 is 0.612 bits per heavy atom. The molecule has 8 aromatic carbocycles. The number of rotatable bonds is 7. The summed E-state index contributed by atoms with van der Waals surface area (Å²) >= 11 is 0. The highest BCUT2D eigenvalue weighted by molar-refractivity contribution is 5.88. The van der Waals surface area contributed by atoms with E-state index in [4.69, 9.17) is 4.11 Å². The first-order chi connectivity index (χ1) is 47.9. The smallest absolute Gasteiger partial charge is 0.201 e. The van der Waals surface area contributed by atoms with Crippen molar-refractivity contribution in [2.75, 3.05) is 0 Å². The standard InChI is InChI=1S/3C24H26N.C22H22N/c1-6-17-11-12-23(25(5)15-17)19-14-22-20(13-16(19)2)18-9-7-8-10-21(18)24(22,3)4;2*1-6-17-11-12-25(5)23(14-17)19-15-22-20(13-16(19)2)18-9-7-8-10-21(18)24(22,3)4;1-15-13-18-16-9-5-6-10-19(16)22(2,3)20(18)14-17(15)21-11-7-8-12-23(21)4/h3*7-15H,6H2,1-5H3;5-14H,1-4H3/q4*+1/i6D2;;;14D. The Hall–Kier alpha value is -9.64. The lowest BCUT2D eigenvalue weighted by atomic mass is 9.81. The van der Waals surface area contributed by atoms with Crippen molar-refractivity contribution >= 4 is 0 Å². The van der Waals surface area contributed by atoms with Crippen molar-refractivity contribution in [1.29, 1.82) is 0 Å². The number of fused-ring (bicyclic) bond motifs is 12. The van der Waals surface area contributed by atoms with Crippen molar-refractivity contribution < 1.29 is 22.4 Å². The molecule has 4 aliphatic rings. The third-order valence-corrected chi connectivity index (χ3v) is 22.4. The molecule has 4 nitrogen and oxygen atoms in total. The molecule has 0 fully saturated rings. The molecule has 4 heteroatoms. The zero-order chi connectivity index (χ0) is 72.2. The molecule has 0 amide bonds. The van der Waals surface area contributed by atoms with Crippen molar-refractivity contribution in [1.82, 2.24) is 0 Å². The molecule has 12 aromatic rings. The summed E-state index contributed by atoms with van der Waals surface area (Å²) in [7, 11) is 8.32. The van der Waals surface area contributed by atoms with Crippen molar-refractivity contribution in [2.45, 2.75) is 145 Å². The molecule has 4 heterocycles. The van der Waals surface area contributed by atoms with Crippen LogP contribution in [0.1, 0.15) is 164 Å². The van der Waals surface area contributed by atoms with Crippen LogP contribution in [0, 0.1) is 27.7 Å². The van der Waals surface area contributed by atoms with Crippen LogP contribution in [-0.4, -0.2) is 0 Å². The predicted molar refractivity (Wildman–Crippen MR) is 410 cm³/mol. The zero-order valence-electron chi connectivity index (χ0n) is 64.5. The first kappa shape index (κ1) is 63.1.